The van der Waals surface area contributed by atoms with E-state index >= 15 is 0 Å². The highest BCUT2D eigenvalue weighted by Gasteiger charge is 2.10. The number of nitrogens with two attached hydrogens (primary N) is 1. The van der Waals surface area contributed by atoms with E-state index in [-0.39, 0.29) is 11.8 Å². The fraction of sp³-hybridized carbons (Fsp3) is 0.375. The van der Waals surface area contributed by atoms with E-state index in [4.69, 9.17) is 10.5 Å². The highest BCUT2D eigenvalue weighted by molar-refractivity contribution is 5.58. The zero-order valence-electron chi connectivity index (χ0n) is 12.6. The molecular formula is C16H20FN3O. The van der Waals surface area contributed by atoms with Crippen molar-refractivity contribution >= 4 is 0 Å². The molecule has 0 amide bonds. The molecule has 0 bridgehead atoms. The highest BCUT2D eigenvalue weighted by atomic mass is 19.1. The van der Waals surface area contributed by atoms with Crippen molar-refractivity contribution < 1.29 is 9.13 Å². The maximum atomic E-state index is 13.5. The van der Waals surface area contributed by atoms with Gasteiger partial charge in [-0.1, -0.05) is 6.92 Å². The molecule has 1 unspecified atom stereocenters. The van der Waals surface area contributed by atoms with Crippen LogP contribution in [0.15, 0.2) is 24.3 Å². The van der Waals surface area contributed by atoms with E-state index in [1.165, 1.54) is 13.2 Å². The first-order chi connectivity index (χ1) is 10.0. The summed E-state index contributed by atoms with van der Waals surface area (Å²) < 4.78 is 18.5. The van der Waals surface area contributed by atoms with Crippen LogP contribution in [0.2, 0.25) is 0 Å². The molecule has 2 N–H and O–H groups in total. The van der Waals surface area contributed by atoms with Crippen LogP contribution in [0.25, 0.3) is 11.4 Å². The fourth-order valence-electron chi connectivity index (χ4n) is 2.08. The maximum absolute atomic E-state index is 13.5. The van der Waals surface area contributed by atoms with Gasteiger partial charge in [0.2, 0.25) is 0 Å². The van der Waals surface area contributed by atoms with Crippen molar-refractivity contribution in [1.82, 2.24) is 9.97 Å². The van der Waals surface area contributed by atoms with Gasteiger partial charge in [0.05, 0.1) is 7.11 Å². The number of benzene rings is 1. The van der Waals surface area contributed by atoms with Gasteiger partial charge >= 0.3 is 0 Å². The first kappa shape index (κ1) is 15.4. The van der Waals surface area contributed by atoms with Crippen molar-refractivity contribution in [1.29, 1.82) is 0 Å². The molecule has 4 nitrogen and oxygen atoms in total. The van der Waals surface area contributed by atoms with Gasteiger partial charge in [-0.15, -0.1) is 0 Å². The molecule has 112 valence electrons. The lowest BCUT2D eigenvalue weighted by Crippen LogP contribution is -2.22. The Kier molecular flexibility index (Phi) is 4.85. The zero-order valence-corrected chi connectivity index (χ0v) is 12.6. The van der Waals surface area contributed by atoms with E-state index in [0.29, 0.717) is 12.2 Å². The second-order valence-electron chi connectivity index (χ2n) is 5.05. The third kappa shape index (κ3) is 3.76. The van der Waals surface area contributed by atoms with Gasteiger partial charge in [0.25, 0.3) is 0 Å². The molecule has 2 rings (SSSR count). The van der Waals surface area contributed by atoms with Crippen LogP contribution < -0.4 is 10.5 Å². The van der Waals surface area contributed by atoms with Crippen LogP contribution in [0.3, 0.4) is 0 Å². The van der Waals surface area contributed by atoms with Crippen LogP contribution >= 0.6 is 0 Å². The van der Waals surface area contributed by atoms with Crippen molar-refractivity contribution in [3.63, 3.8) is 0 Å². The molecule has 5 heteroatoms. The topological polar surface area (TPSA) is 61.0 Å². The third-order valence-electron chi connectivity index (χ3n) is 3.31. The first-order valence-electron chi connectivity index (χ1n) is 6.97. The van der Waals surface area contributed by atoms with Crippen molar-refractivity contribution in [3.8, 4) is 17.1 Å². The molecule has 1 atom stereocenters. The van der Waals surface area contributed by atoms with E-state index in [9.17, 15) is 4.39 Å². The van der Waals surface area contributed by atoms with E-state index < -0.39 is 5.82 Å². The summed E-state index contributed by atoms with van der Waals surface area (Å²) in [7, 11) is 1.44. The molecule has 0 fully saturated rings. The first-order valence-corrected chi connectivity index (χ1v) is 6.97. The largest absolute Gasteiger partial charge is 0.494 e. The molecular weight excluding hydrogens is 269 g/mol. The minimum Gasteiger partial charge on any atom is -0.494 e. The lowest BCUT2D eigenvalue weighted by molar-refractivity contribution is 0.386. The van der Waals surface area contributed by atoms with Gasteiger partial charge in [-0.05, 0) is 37.6 Å². The number of aromatic nitrogens is 2. The smallest absolute Gasteiger partial charge is 0.165 e. The molecule has 2 aromatic rings. The fourth-order valence-corrected chi connectivity index (χ4v) is 2.08. The predicted octanol–water partition coefficient (Wildman–Crippen LogP) is 2.88. The average molecular weight is 289 g/mol. The molecule has 0 aliphatic rings. The van der Waals surface area contributed by atoms with E-state index in [2.05, 4.69) is 9.97 Å². The number of ether oxygens (including phenoxy) is 1. The number of hydrogen-bond donors (Lipinski definition) is 1. The molecule has 1 aromatic carbocycles. The molecule has 1 aromatic heterocycles. The Morgan fingerprint density at radius 2 is 2.05 bits per heavy atom. The lowest BCUT2D eigenvalue weighted by Gasteiger charge is -2.11. The number of halogens is 1. The summed E-state index contributed by atoms with van der Waals surface area (Å²) in [6.45, 7) is 3.96. The quantitative estimate of drug-likeness (QED) is 0.919. The maximum Gasteiger partial charge on any atom is 0.165 e. The van der Waals surface area contributed by atoms with Crippen molar-refractivity contribution in [3.05, 3.63) is 41.5 Å². The normalized spacial score (nSPS) is 12.2. The summed E-state index contributed by atoms with van der Waals surface area (Å²) in [5, 5.41) is 0. The van der Waals surface area contributed by atoms with Gasteiger partial charge in [0.1, 0.15) is 0 Å². The molecule has 0 radical (unpaired) electrons. The number of aryl methyl sites for hydroxylation is 1. The molecule has 0 aliphatic heterocycles. The Morgan fingerprint density at radius 1 is 1.29 bits per heavy atom. The van der Waals surface area contributed by atoms with Gasteiger partial charge < -0.3 is 10.5 Å². The Morgan fingerprint density at radius 3 is 2.71 bits per heavy atom. The number of rotatable bonds is 5. The minimum atomic E-state index is -0.401. The molecule has 21 heavy (non-hydrogen) atoms. The lowest BCUT2D eigenvalue weighted by atomic mass is 10.1. The van der Waals surface area contributed by atoms with Crippen LogP contribution in [0.4, 0.5) is 4.39 Å². The van der Waals surface area contributed by atoms with Gasteiger partial charge in [0.15, 0.2) is 17.4 Å². The van der Waals surface area contributed by atoms with Gasteiger partial charge in [-0.3, -0.25) is 0 Å². The Balaban J connectivity index is 2.39. The summed E-state index contributed by atoms with van der Waals surface area (Å²) in [4.78, 5) is 8.94. The van der Waals surface area contributed by atoms with Crippen LogP contribution in [0.5, 0.6) is 5.75 Å². The number of nitrogens with zero attached hydrogens (tertiary/aromatic N) is 2. The Bertz CT molecular complexity index is 631. The second-order valence-corrected chi connectivity index (χ2v) is 5.05. The molecule has 0 saturated heterocycles. The van der Waals surface area contributed by atoms with Crippen molar-refractivity contribution in [2.75, 3.05) is 7.11 Å². The third-order valence-corrected chi connectivity index (χ3v) is 3.31. The minimum absolute atomic E-state index is 0.0786. The predicted molar refractivity (Wildman–Crippen MR) is 80.7 cm³/mol. The van der Waals surface area contributed by atoms with Crippen LogP contribution in [-0.4, -0.2) is 23.1 Å². The van der Waals surface area contributed by atoms with E-state index in [0.717, 1.165) is 23.4 Å². The van der Waals surface area contributed by atoms with Gasteiger partial charge in [-0.25, -0.2) is 14.4 Å². The molecule has 0 spiro atoms. The molecule has 0 saturated carbocycles. The number of methoxy groups -OCH3 is 1. The monoisotopic (exact) mass is 289 g/mol. The standard InChI is InChI=1S/C16H20FN3O/c1-4-12(18)9-13-7-10(2)19-16(20-13)11-5-6-14(17)15(8-11)21-3/h5-8,12H,4,9,18H2,1-3H3. The highest BCUT2D eigenvalue weighted by Crippen LogP contribution is 2.24. The van der Waals surface area contributed by atoms with Crippen LogP contribution in [0.1, 0.15) is 24.7 Å². The summed E-state index contributed by atoms with van der Waals surface area (Å²) in [5.74, 6) is 0.346. The van der Waals surface area contributed by atoms with Crippen LogP contribution in [0, 0.1) is 12.7 Å². The summed E-state index contributed by atoms with van der Waals surface area (Å²) in [6, 6.07) is 6.62. The van der Waals surface area contributed by atoms with Crippen molar-refractivity contribution in [2.45, 2.75) is 32.7 Å². The Labute approximate surface area is 124 Å². The summed E-state index contributed by atoms with van der Waals surface area (Å²) in [6.07, 6.45) is 1.59. The van der Waals surface area contributed by atoms with E-state index in [1.807, 2.05) is 19.9 Å². The second kappa shape index (κ2) is 6.63. The molecule has 0 aliphatic carbocycles. The van der Waals surface area contributed by atoms with Gasteiger partial charge in [-0.2, -0.15) is 0 Å². The summed E-state index contributed by atoms with van der Waals surface area (Å²) >= 11 is 0. The average Bonchev–Trinajstić information content (AvgIpc) is 2.47. The van der Waals surface area contributed by atoms with Crippen LogP contribution in [-0.2, 0) is 6.42 Å². The molecule has 1 heterocycles. The zero-order chi connectivity index (χ0) is 15.4. The van der Waals surface area contributed by atoms with Crippen molar-refractivity contribution in [2.24, 2.45) is 5.73 Å². The Hall–Kier alpha value is -2.01. The van der Waals surface area contributed by atoms with E-state index in [1.54, 1.807) is 12.1 Å². The number of hydrogen-bond acceptors (Lipinski definition) is 4. The SMILES string of the molecule is CCC(N)Cc1cc(C)nc(-c2ccc(F)c(OC)c2)n1. The summed E-state index contributed by atoms with van der Waals surface area (Å²) in [5.41, 5.74) is 8.47. The van der Waals surface area contributed by atoms with Gasteiger partial charge in [0, 0.05) is 29.4 Å².